The lowest BCUT2D eigenvalue weighted by molar-refractivity contribution is -0.124. The van der Waals surface area contributed by atoms with Crippen LogP contribution in [-0.4, -0.2) is 28.8 Å². The summed E-state index contributed by atoms with van der Waals surface area (Å²) >= 11 is 0. The zero-order valence-electron chi connectivity index (χ0n) is 9.02. The van der Waals surface area contributed by atoms with Gasteiger partial charge in [-0.05, 0) is 19.0 Å². The largest absolute Gasteiger partial charge is 0.354 e. The molecular weight excluding hydrogens is 192 g/mol. The van der Waals surface area contributed by atoms with E-state index in [4.69, 9.17) is 5.73 Å². The maximum atomic E-state index is 11.5. The summed E-state index contributed by atoms with van der Waals surface area (Å²) in [6.45, 7) is 3.74. The number of hydrogen-bond acceptors (Lipinski definition) is 3. The Morgan fingerprint density at radius 1 is 1.67 bits per heavy atom. The Bertz CT molecular complexity index is 284. The van der Waals surface area contributed by atoms with E-state index in [1.165, 1.54) is 0 Å². The maximum absolute atomic E-state index is 11.5. The highest BCUT2D eigenvalue weighted by atomic mass is 16.1. The Morgan fingerprint density at radius 3 is 3.07 bits per heavy atom. The van der Waals surface area contributed by atoms with Crippen molar-refractivity contribution >= 4 is 5.91 Å². The van der Waals surface area contributed by atoms with E-state index in [9.17, 15) is 4.79 Å². The summed E-state index contributed by atoms with van der Waals surface area (Å²) in [6, 6.07) is 1.86. The van der Waals surface area contributed by atoms with Crippen LogP contribution >= 0.6 is 0 Å². The molecule has 1 amide bonds. The minimum Gasteiger partial charge on any atom is -0.354 e. The van der Waals surface area contributed by atoms with Gasteiger partial charge < -0.3 is 11.1 Å². The lowest BCUT2D eigenvalue weighted by Gasteiger charge is -2.10. The molecule has 15 heavy (non-hydrogen) atoms. The Hall–Kier alpha value is -1.36. The zero-order chi connectivity index (χ0) is 11.1. The van der Waals surface area contributed by atoms with Crippen LogP contribution in [0.4, 0.5) is 0 Å². The molecule has 0 aliphatic heterocycles. The first kappa shape index (κ1) is 11.7. The van der Waals surface area contributed by atoms with Crippen LogP contribution in [0.15, 0.2) is 18.5 Å². The van der Waals surface area contributed by atoms with Crippen molar-refractivity contribution in [1.82, 2.24) is 15.1 Å². The molecule has 1 aromatic rings. The minimum atomic E-state index is -0.00683. The fraction of sp³-hybridized carbons (Fsp3) is 0.600. The molecule has 1 aromatic heterocycles. The lowest BCUT2D eigenvalue weighted by Crippen LogP contribution is -2.32. The first-order chi connectivity index (χ1) is 7.24. The zero-order valence-corrected chi connectivity index (χ0v) is 9.02. The van der Waals surface area contributed by atoms with Gasteiger partial charge in [0.05, 0.1) is 6.54 Å². The van der Waals surface area contributed by atoms with Gasteiger partial charge in [0.15, 0.2) is 0 Å². The average molecular weight is 210 g/mol. The summed E-state index contributed by atoms with van der Waals surface area (Å²) in [5.41, 5.74) is 5.38. The van der Waals surface area contributed by atoms with Crippen molar-refractivity contribution in [1.29, 1.82) is 0 Å². The third kappa shape index (κ3) is 4.12. The number of nitrogens with one attached hydrogen (secondary N) is 1. The molecule has 0 aromatic carbocycles. The van der Waals surface area contributed by atoms with Crippen LogP contribution in [0.2, 0.25) is 0 Å². The van der Waals surface area contributed by atoms with Crippen molar-refractivity contribution < 1.29 is 4.79 Å². The molecule has 84 valence electrons. The van der Waals surface area contributed by atoms with Crippen LogP contribution in [0.25, 0.3) is 0 Å². The third-order valence-corrected chi connectivity index (χ3v) is 2.25. The van der Waals surface area contributed by atoms with E-state index in [1.807, 2.05) is 19.2 Å². The first-order valence-corrected chi connectivity index (χ1v) is 5.19. The smallest absolute Gasteiger partial charge is 0.222 e. The molecule has 3 N–H and O–H groups in total. The second-order valence-corrected chi connectivity index (χ2v) is 3.54. The van der Waals surface area contributed by atoms with Crippen LogP contribution in [-0.2, 0) is 11.3 Å². The van der Waals surface area contributed by atoms with Crippen LogP contribution in [0, 0.1) is 5.92 Å². The minimum absolute atomic E-state index is 0.00683. The molecule has 0 fully saturated rings. The van der Waals surface area contributed by atoms with Crippen molar-refractivity contribution in [3.8, 4) is 0 Å². The molecule has 1 atom stereocenters. The fourth-order valence-corrected chi connectivity index (χ4v) is 1.28. The molecule has 5 nitrogen and oxygen atoms in total. The van der Waals surface area contributed by atoms with Gasteiger partial charge in [-0.25, -0.2) is 0 Å². The van der Waals surface area contributed by atoms with E-state index < -0.39 is 0 Å². The monoisotopic (exact) mass is 210 g/mol. The summed E-state index contributed by atoms with van der Waals surface area (Å²) < 4.78 is 1.79. The van der Waals surface area contributed by atoms with Gasteiger partial charge >= 0.3 is 0 Å². The molecule has 0 spiro atoms. The van der Waals surface area contributed by atoms with Crippen LogP contribution < -0.4 is 11.1 Å². The van der Waals surface area contributed by atoms with Crippen molar-refractivity contribution in [3.63, 3.8) is 0 Å². The van der Waals surface area contributed by atoms with Crippen molar-refractivity contribution in [3.05, 3.63) is 18.5 Å². The Kier molecular flexibility index (Phi) is 4.83. The van der Waals surface area contributed by atoms with E-state index in [0.29, 0.717) is 19.6 Å². The van der Waals surface area contributed by atoms with Crippen LogP contribution in [0.3, 0.4) is 0 Å². The molecule has 1 unspecified atom stereocenters. The molecule has 0 aliphatic rings. The Morgan fingerprint density at radius 2 is 2.47 bits per heavy atom. The molecule has 5 heteroatoms. The van der Waals surface area contributed by atoms with E-state index in [1.54, 1.807) is 10.9 Å². The molecule has 0 aliphatic carbocycles. The number of rotatable bonds is 6. The number of carbonyl (C=O) groups is 1. The number of nitrogens with two attached hydrogens (primary N) is 1. The summed E-state index contributed by atoms with van der Waals surface area (Å²) in [5, 5.41) is 6.89. The van der Waals surface area contributed by atoms with Crippen LogP contribution in [0.5, 0.6) is 0 Å². The topological polar surface area (TPSA) is 72.9 Å². The highest BCUT2D eigenvalue weighted by molar-refractivity contribution is 5.78. The van der Waals surface area contributed by atoms with Gasteiger partial charge in [0, 0.05) is 24.9 Å². The maximum Gasteiger partial charge on any atom is 0.222 e. The van der Waals surface area contributed by atoms with E-state index in [2.05, 4.69) is 10.4 Å². The molecule has 0 saturated carbocycles. The summed E-state index contributed by atoms with van der Waals surface area (Å²) in [6.07, 6.45) is 4.32. The molecule has 0 radical (unpaired) electrons. The number of nitrogens with zero attached hydrogens (tertiary/aromatic N) is 2. The van der Waals surface area contributed by atoms with E-state index in [0.717, 1.165) is 6.42 Å². The Labute approximate surface area is 89.6 Å². The molecule has 0 bridgehead atoms. The van der Waals surface area contributed by atoms with E-state index in [-0.39, 0.29) is 11.8 Å². The fourth-order valence-electron chi connectivity index (χ4n) is 1.28. The second-order valence-electron chi connectivity index (χ2n) is 3.54. The van der Waals surface area contributed by atoms with Gasteiger partial charge in [-0.2, -0.15) is 5.10 Å². The van der Waals surface area contributed by atoms with Crippen molar-refractivity contribution in [2.75, 3.05) is 13.1 Å². The quantitative estimate of drug-likeness (QED) is 0.693. The SMILES string of the molecule is CC(CCN)C(=O)NCCn1cccn1. The first-order valence-electron chi connectivity index (χ1n) is 5.19. The summed E-state index contributed by atoms with van der Waals surface area (Å²) in [5.74, 6) is 0.0558. The summed E-state index contributed by atoms with van der Waals surface area (Å²) in [4.78, 5) is 11.5. The molecular formula is C10H18N4O. The highest BCUT2D eigenvalue weighted by Gasteiger charge is 2.10. The predicted octanol–water partition coefficient (Wildman–Crippen LogP) is -0.0158. The van der Waals surface area contributed by atoms with Crippen LogP contribution in [0.1, 0.15) is 13.3 Å². The summed E-state index contributed by atoms with van der Waals surface area (Å²) in [7, 11) is 0. The number of carbonyl (C=O) groups excluding carboxylic acids is 1. The standard InChI is InChI=1S/C10H18N4O/c1-9(3-4-11)10(15)12-6-8-14-7-2-5-13-14/h2,5,7,9H,3-4,6,8,11H2,1H3,(H,12,15). The normalized spacial score (nSPS) is 12.4. The predicted molar refractivity (Wildman–Crippen MR) is 58.1 cm³/mol. The number of hydrogen-bond donors (Lipinski definition) is 2. The van der Waals surface area contributed by atoms with Crippen molar-refractivity contribution in [2.45, 2.75) is 19.9 Å². The molecule has 0 saturated heterocycles. The number of aromatic nitrogens is 2. The highest BCUT2D eigenvalue weighted by Crippen LogP contribution is 1.98. The van der Waals surface area contributed by atoms with Gasteiger partial charge in [-0.15, -0.1) is 0 Å². The van der Waals surface area contributed by atoms with E-state index >= 15 is 0 Å². The van der Waals surface area contributed by atoms with Gasteiger partial charge in [-0.3, -0.25) is 9.48 Å². The Balaban J connectivity index is 2.17. The van der Waals surface area contributed by atoms with Gasteiger partial charge in [0.1, 0.15) is 0 Å². The molecule has 1 rings (SSSR count). The van der Waals surface area contributed by atoms with Gasteiger partial charge in [0.2, 0.25) is 5.91 Å². The van der Waals surface area contributed by atoms with Gasteiger partial charge in [0.25, 0.3) is 0 Å². The lowest BCUT2D eigenvalue weighted by atomic mass is 10.1. The average Bonchev–Trinajstić information content (AvgIpc) is 2.71. The second kappa shape index (κ2) is 6.19. The van der Waals surface area contributed by atoms with Crippen molar-refractivity contribution in [2.24, 2.45) is 11.7 Å². The molecule has 1 heterocycles. The number of amides is 1. The van der Waals surface area contributed by atoms with Gasteiger partial charge in [-0.1, -0.05) is 6.92 Å². The third-order valence-electron chi connectivity index (χ3n) is 2.25.